The van der Waals surface area contributed by atoms with E-state index in [4.69, 9.17) is 18.6 Å². The Balaban J connectivity index is 1.47. The van der Waals surface area contributed by atoms with E-state index in [9.17, 15) is 19.5 Å². The molecule has 5 fully saturated rings. The van der Waals surface area contributed by atoms with Gasteiger partial charge in [-0.3, -0.25) is 9.59 Å². The fourth-order valence-corrected chi connectivity index (χ4v) is 9.42. The number of Topliss-reactive ketones (excluding diaryl/α,β-unsaturated/α-hetero) is 1. The van der Waals surface area contributed by atoms with Crippen LogP contribution in [0.3, 0.4) is 0 Å². The van der Waals surface area contributed by atoms with Crippen LogP contribution in [0.15, 0.2) is 35.2 Å². The van der Waals surface area contributed by atoms with Crippen molar-refractivity contribution < 1.29 is 38.1 Å². The van der Waals surface area contributed by atoms with E-state index in [1.807, 2.05) is 19.9 Å². The van der Waals surface area contributed by atoms with Crippen LogP contribution in [0.1, 0.15) is 52.2 Å². The zero-order chi connectivity index (χ0) is 24.1. The van der Waals surface area contributed by atoms with Crippen molar-refractivity contribution in [2.24, 2.45) is 27.6 Å². The summed E-state index contributed by atoms with van der Waals surface area (Å²) in [6.07, 6.45) is 4.65. The van der Waals surface area contributed by atoms with Crippen LogP contribution in [0.25, 0.3) is 0 Å². The van der Waals surface area contributed by atoms with Crippen molar-refractivity contribution in [3.63, 3.8) is 0 Å². The van der Waals surface area contributed by atoms with Crippen LogP contribution in [0.5, 0.6) is 0 Å². The first-order valence-corrected chi connectivity index (χ1v) is 12.0. The second kappa shape index (κ2) is 5.58. The highest BCUT2D eigenvalue weighted by atomic mass is 16.7. The fraction of sp³-hybridized carbons (Fsp3) is 0.654. The summed E-state index contributed by atoms with van der Waals surface area (Å²) in [4.78, 5) is 40.8. The number of furan rings is 1. The van der Waals surface area contributed by atoms with E-state index in [0.717, 1.165) is 5.56 Å². The van der Waals surface area contributed by atoms with Crippen molar-refractivity contribution in [2.45, 2.75) is 70.1 Å². The Labute approximate surface area is 196 Å². The van der Waals surface area contributed by atoms with Gasteiger partial charge in [0.05, 0.1) is 24.7 Å². The summed E-state index contributed by atoms with van der Waals surface area (Å²) in [5.41, 5.74) is -5.71. The first kappa shape index (κ1) is 21.0. The third-order valence-electron chi connectivity index (χ3n) is 10.8. The Hall–Kier alpha value is -2.29. The Kier molecular flexibility index (Phi) is 3.45. The number of hydrogen-bond acceptors (Lipinski definition) is 8. The predicted molar refractivity (Wildman–Crippen MR) is 114 cm³/mol. The van der Waals surface area contributed by atoms with E-state index in [2.05, 4.69) is 0 Å². The third kappa shape index (κ3) is 1.68. The minimum Gasteiger partial charge on any atom is -0.472 e. The molecule has 9 atom stereocenters. The van der Waals surface area contributed by atoms with E-state index in [1.54, 1.807) is 26.2 Å². The maximum Gasteiger partial charge on any atom is 0.339 e. The van der Waals surface area contributed by atoms with Gasteiger partial charge in [-0.15, -0.1) is 0 Å². The number of carbonyl (C=O) groups excluding carboxylic acids is 3. The third-order valence-corrected chi connectivity index (χ3v) is 10.8. The summed E-state index contributed by atoms with van der Waals surface area (Å²) in [6.45, 7) is 7.61. The predicted octanol–water partition coefficient (Wildman–Crippen LogP) is 2.30. The number of epoxide rings is 1. The van der Waals surface area contributed by atoms with Gasteiger partial charge in [-0.25, -0.2) is 4.79 Å². The second-order valence-corrected chi connectivity index (χ2v) is 12.0. The number of ketones is 2. The molecule has 3 saturated heterocycles. The van der Waals surface area contributed by atoms with E-state index in [1.165, 1.54) is 12.3 Å². The number of carbonyl (C=O) groups is 3. The first-order chi connectivity index (χ1) is 16.0. The fourth-order valence-electron chi connectivity index (χ4n) is 9.42. The molecule has 0 radical (unpaired) electrons. The van der Waals surface area contributed by atoms with Crippen LogP contribution in [-0.4, -0.2) is 52.7 Å². The molecule has 8 heteroatoms. The molecule has 0 unspecified atom stereocenters. The summed E-state index contributed by atoms with van der Waals surface area (Å²) >= 11 is 0. The van der Waals surface area contributed by atoms with Gasteiger partial charge in [0.1, 0.15) is 23.2 Å². The van der Waals surface area contributed by atoms with Gasteiger partial charge in [-0.05, 0) is 44.7 Å². The molecule has 0 amide bonds. The van der Waals surface area contributed by atoms with Gasteiger partial charge in [-0.2, -0.15) is 0 Å². The summed E-state index contributed by atoms with van der Waals surface area (Å²) in [5.74, 6) is -1.65. The molecule has 6 aliphatic rings. The first-order valence-electron chi connectivity index (χ1n) is 12.0. The minimum atomic E-state index is -1.50. The van der Waals surface area contributed by atoms with Crippen molar-refractivity contribution in [3.8, 4) is 0 Å². The molecule has 3 aliphatic heterocycles. The number of fused-ring (bicyclic) bond motifs is 1. The Morgan fingerprint density at radius 3 is 2.56 bits per heavy atom. The van der Waals surface area contributed by atoms with Crippen molar-refractivity contribution in [1.82, 2.24) is 0 Å². The lowest BCUT2D eigenvalue weighted by atomic mass is 9.34. The van der Waals surface area contributed by atoms with Crippen LogP contribution in [0.4, 0.5) is 0 Å². The van der Waals surface area contributed by atoms with E-state index in [0.29, 0.717) is 12.8 Å². The van der Waals surface area contributed by atoms with Gasteiger partial charge in [0.15, 0.2) is 17.7 Å². The zero-order valence-corrected chi connectivity index (χ0v) is 19.6. The molecular weight excluding hydrogens is 440 g/mol. The number of hydrogen-bond donors (Lipinski definition) is 1. The molecule has 8 nitrogen and oxygen atoms in total. The number of cyclic esters (lactones) is 1. The second-order valence-electron chi connectivity index (χ2n) is 12.0. The maximum absolute atomic E-state index is 14.2. The molecular formula is C26H28O8. The molecule has 0 aromatic carbocycles. The lowest BCUT2D eigenvalue weighted by Gasteiger charge is -2.66. The normalized spacial score (nSPS) is 54.0. The monoisotopic (exact) mass is 468 g/mol. The molecule has 180 valence electrons. The standard InChI is InChI=1S/C26H28O8/c1-21(2)25-15(27)6-9-24(25,12-32-21)14-5-8-22(3)18(13-7-10-31-11-13)33-20(30)19-26(22,34-19)23(14,4)16(28)17(25)29/h6-7,9-11,14,16,18-19,28H,5,8,12H2,1-4H3/t14-,16-,18+,19-,22-,23+,24+,25+,26-/m1/s1. The SMILES string of the molecule is CC1(C)OC[C@]23C=CC(=O)[C@]12C(=O)[C@@H](O)[C@]1(C)[C@H]3CC[C@]2(C)[C@H](c3ccoc3)OC(=O)[C@H]3O[C@@]312. The largest absolute Gasteiger partial charge is 0.472 e. The van der Waals surface area contributed by atoms with Gasteiger partial charge in [0, 0.05) is 21.8 Å². The number of aliphatic hydroxyl groups excluding tert-OH is 1. The van der Waals surface area contributed by atoms with Crippen molar-refractivity contribution in [2.75, 3.05) is 6.61 Å². The van der Waals surface area contributed by atoms with E-state index in [-0.39, 0.29) is 18.3 Å². The van der Waals surface area contributed by atoms with Gasteiger partial charge in [0.2, 0.25) is 0 Å². The van der Waals surface area contributed by atoms with Crippen LogP contribution in [0.2, 0.25) is 0 Å². The summed E-state index contributed by atoms with van der Waals surface area (Å²) < 4.78 is 23.7. The number of rotatable bonds is 1. The van der Waals surface area contributed by atoms with Crippen molar-refractivity contribution in [1.29, 1.82) is 0 Å². The lowest BCUT2D eigenvalue weighted by molar-refractivity contribution is -0.239. The Morgan fingerprint density at radius 1 is 1.09 bits per heavy atom. The lowest BCUT2D eigenvalue weighted by Crippen LogP contribution is -2.77. The van der Waals surface area contributed by atoms with Crippen molar-refractivity contribution in [3.05, 3.63) is 36.3 Å². The smallest absolute Gasteiger partial charge is 0.339 e. The molecule has 2 saturated carbocycles. The molecule has 3 aliphatic carbocycles. The Morgan fingerprint density at radius 2 is 1.85 bits per heavy atom. The van der Waals surface area contributed by atoms with Crippen molar-refractivity contribution >= 4 is 17.5 Å². The average molecular weight is 469 g/mol. The number of allylic oxidation sites excluding steroid dienone is 1. The van der Waals surface area contributed by atoms with Crippen LogP contribution >= 0.6 is 0 Å². The molecule has 1 N–H and O–H groups in total. The van der Waals surface area contributed by atoms with Gasteiger partial charge in [0.25, 0.3) is 0 Å². The van der Waals surface area contributed by atoms with Gasteiger partial charge < -0.3 is 23.7 Å². The van der Waals surface area contributed by atoms with Gasteiger partial charge in [-0.1, -0.05) is 19.9 Å². The topological polar surface area (TPSA) is 116 Å². The molecule has 34 heavy (non-hydrogen) atoms. The molecule has 0 bridgehead atoms. The highest BCUT2D eigenvalue weighted by Crippen LogP contribution is 2.81. The van der Waals surface area contributed by atoms with Crippen LogP contribution in [0, 0.1) is 27.6 Å². The number of ether oxygens (including phenoxy) is 3. The van der Waals surface area contributed by atoms with Gasteiger partial charge >= 0.3 is 5.97 Å². The molecule has 1 spiro atoms. The zero-order valence-electron chi connectivity index (χ0n) is 19.6. The maximum atomic E-state index is 14.2. The summed E-state index contributed by atoms with van der Waals surface area (Å²) in [6, 6.07) is 1.77. The quantitative estimate of drug-likeness (QED) is 0.379. The molecule has 1 aromatic heterocycles. The average Bonchev–Trinajstić information content (AvgIpc) is 3.08. The van der Waals surface area contributed by atoms with Crippen LogP contribution in [-0.2, 0) is 28.6 Å². The summed E-state index contributed by atoms with van der Waals surface area (Å²) in [7, 11) is 0. The highest BCUT2D eigenvalue weighted by molar-refractivity contribution is 6.18. The molecule has 4 heterocycles. The minimum absolute atomic E-state index is 0.202. The Bertz CT molecular complexity index is 1200. The van der Waals surface area contributed by atoms with Crippen LogP contribution < -0.4 is 0 Å². The molecule has 1 aromatic rings. The van der Waals surface area contributed by atoms with E-state index < -0.39 is 62.9 Å². The summed E-state index contributed by atoms with van der Waals surface area (Å²) in [5, 5.41) is 11.9. The number of aliphatic hydroxyl groups is 1. The highest BCUT2D eigenvalue weighted by Gasteiger charge is 2.92. The van der Waals surface area contributed by atoms with E-state index >= 15 is 0 Å². The number of esters is 1. The molecule has 7 rings (SSSR count).